The Balaban J connectivity index is 2.85. The summed E-state index contributed by atoms with van der Waals surface area (Å²) in [7, 11) is 0. The third-order valence-electron chi connectivity index (χ3n) is 2.80. The molecular weight excluding hydrogens is 156 g/mol. The van der Waals surface area contributed by atoms with Crippen LogP contribution in [-0.2, 0) is 0 Å². The van der Waals surface area contributed by atoms with Crippen LogP contribution in [0.15, 0.2) is 24.3 Å². The van der Waals surface area contributed by atoms with Gasteiger partial charge >= 0.3 is 0 Å². The molecule has 11 heavy (non-hydrogen) atoms. The molecule has 0 aromatic heterocycles. The second kappa shape index (κ2) is 3.02. The largest absolute Gasteiger partial charge is 0.122 e. The van der Waals surface area contributed by atoms with E-state index in [0.717, 1.165) is 0 Å². The molecule has 3 unspecified atom stereocenters. The molecule has 0 bridgehead atoms. The second-order valence-corrected chi connectivity index (χ2v) is 4.17. The summed E-state index contributed by atoms with van der Waals surface area (Å²) in [5.41, 5.74) is 0.135. The van der Waals surface area contributed by atoms with Gasteiger partial charge in [0.15, 0.2) is 0 Å². The van der Waals surface area contributed by atoms with Crippen molar-refractivity contribution in [3.63, 3.8) is 0 Å². The lowest BCUT2D eigenvalue weighted by molar-refractivity contribution is 0.319. The molecular formula is C10H15Cl. The predicted molar refractivity (Wildman–Crippen MR) is 50.9 cm³/mol. The molecule has 0 fully saturated rings. The van der Waals surface area contributed by atoms with Crippen molar-refractivity contribution in [2.75, 3.05) is 0 Å². The van der Waals surface area contributed by atoms with Gasteiger partial charge in [-0.3, -0.25) is 0 Å². The maximum absolute atomic E-state index is 6.11. The van der Waals surface area contributed by atoms with Gasteiger partial charge in [-0.15, -0.1) is 11.6 Å². The van der Waals surface area contributed by atoms with Crippen molar-refractivity contribution in [2.24, 2.45) is 11.3 Å². The molecule has 0 aromatic rings. The molecule has 0 heterocycles. The van der Waals surface area contributed by atoms with Crippen LogP contribution in [0.2, 0.25) is 0 Å². The van der Waals surface area contributed by atoms with E-state index in [-0.39, 0.29) is 10.8 Å². The first-order valence-electron chi connectivity index (χ1n) is 4.07. The van der Waals surface area contributed by atoms with Crippen LogP contribution in [0.1, 0.15) is 20.8 Å². The molecule has 0 saturated heterocycles. The van der Waals surface area contributed by atoms with Gasteiger partial charge in [0.05, 0.1) is 0 Å². The zero-order valence-corrected chi connectivity index (χ0v) is 8.10. The summed E-state index contributed by atoms with van der Waals surface area (Å²) < 4.78 is 0. The van der Waals surface area contributed by atoms with Crippen molar-refractivity contribution in [3.8, 4) is 0 Å². The zero-order chi connectivity index (χ0) is 8.48. The lowest BCUT2D eigenvalue weighted by Crippen LogP contribution is -2.31. The Morgan fingerprint density at radius 3 is 2.45 bits per heavy atom. The quantitative estimate of drug-likeness (QED) is 0.530. The third-order valence-corrected chi connectivity index (χ3v) is 3.27. The SMILES string of the molecule is CC(Cl)C1(C)C=CC=CC1C. The molecule has 1 heteroatoms. The monoisotopic (exact) mass is 170 g/mol. The van der Waals surface area contributed by atoms with Crippen molar-refractivity contribution in [1.82, 2.24) is 0 Å². The van der Waals surface area contributed by atoms with Gasteiger partial charge in [-0.25, -0.2) is 0 Å². The van der Waals surface area contributed by atoms with Crippen LogP contribution < -0.4 is 0 Å². The fraction of sp³-hybridized carbons (Fsp3) is 0.600. The summed E-state index contributed by atoms with van der Waals surface area (Å²) in [6.45, 7) is 6.47. The second-order valence-electron chi connectivity index (χ2n) is 3.51. The average molecular weight is 171 g/mol. The molecule has 0 aromatic carbocycles. The van der Waals surface area contributed by atoms with Crippen LogP contribution in [0.5, 0.6) is 0 Å². The average Bonchev–Trinajstić information content (AvgIpc) is 1.95. The van der Waals surface area contributed by atoms with Crippen molar-refractivity contribution in [1.29, 1.82) is 0 Å². The van der Waals surface area contributed by atoms with Gasteiger partial charge in [0, 0.05) is 10.8 Å². The van der Waals surface area contributed by atoms with Gasteiger partial charge in [0.2, 0.25) is 0 Å². The topological polar surface area (TPSA) is 0 Å². The summed E-state index contributed by atoms with van der Waals surface area (Å²) >= 11 is 6.11. The molecule has 1 aliphatic carbocycles. The molecule has 1 aliphatic rings. The summed E-state index contributed by atoms with van der Waals surface area (Å²) in [5.74, 6) is 0.542. The highest BCUT2D eigenvalue weighted by Crippen LogP contribution is 2.38. The molecule has 0 aliphatic heterocycles. The maximum atomic E-state index is 6.11. The highest BCUT2D eigenvalue weighted by atomic mass is 35.5. The first-order valence-corrected chi connectivity index (χ1v) is 4.51. The van der Waals surface area contributed by atoms with E-state index >= 15 is 0 Å². The minimum atomic E-state index is 0.135. The van der Waals surface area contributed by atoms with E-state index in [4.69, 9.17) is 11.6 Å². The normalized spacial score (nSPS) is 39.1. The van der Waals surface area contributed by atoms with E-state index in [1.54, 1.807) is 0 Å². The first-order chi connectivity index (χ1) is 5.07. The maximum Gasteiger partial charge on any atom is 0.0401 e. The Hall–Kier alpha value is -0.230. The molecule has 0 radical (unpaired) electrons. The van der Waals surface area contributed by atoms with E-state index in [1.165, 1.54) is 0 Å². The summed E-state index contributed by atoms with van der Waals surface area (Å²) in [4.78, 5) is 0. The lowest BCUT2D eigenvalue weighted by Gasteiger charge is -2.35. The summed E-state index contributed by atoms with van der Waals surface area (Å²) in [6.07, 6.45) is 8.58. The molecule has 0 nitrogen and oxygen atoms in total. The summed E-state index contributed by atoms with van der Waals surface area (Å²) in [6, 6.07) is 0. The number of allylic oxidation sites excluding steroid dienone is 4. The Morgan fingerprint density at radius 1 is 1.45 bits per heavy atom. The number of rotatable bonds is 1. The molecule has 0 spiro atoms. The highest BCUT2D eigenvalue weighted by molar-refractivity contribution is 6.21. The van der Waals surface area contributed by atoms with E-state index < -0.39 is 0 Å². The van der Waals surface area contributed by atoms with Crippen LogP contribution in [0.3, 0.4) is 0 Å². The predicted octanol–water partition coefficient (Wildman–Crippen LogP) is 3.38. The van der Waals surface area contributed by atoms with E-state index in [2.05, 4.69) is 45.1 Å². The standard InChI is InChI=1S/C10H15Cl/c1-8-6-4-5-7-10(8,3)9(2)11/h4-9H,1-3H3. The molecule has 0 N–H and O–H groups in total. The van der Waals surface area contributed by atoms with Crippen LogP contribution in [0.4, 0.5) is 0 Å². The van der Waals surface area contributed by atoms with Gasteiger partial charge in [-0.1, -0.05) is 38.2 Å². The fourth-order valence-corrected chi connectivity index (χ4v) is 1.62. The number of hydrogen-bond acceptors (Lipinski definition) is 0. The Morgan fingerprint density at radius 2 is 2.09 bits per heavy atom. The minimum absolute atomic E-state index is 0.135. The summed E-state index contributed by atoms with van der Waals surface area (Å²) in [5, 5.41) is 0.193. The van der Waals surface area contributed by atoms with Crippen molar-refractivity contribution in [2.45, 2.75) is 26.1 Å². The molecule has 0 saturated carbocycles. The Bertz CT molecular complexity index is 191. The zero-order valence-electron chi connectivity index (χ0n) is 7.34. The van der Waals surface area contributed by atoms with Crippen LogP contribution in [0, 0.1) is 11.3 Å². The van der Waals surface area contributed by atoms with E-state index in [1.807, 2.05) is 0 Å². The van der Waals surface area contributed by atoms with Crippen LogP contribution in [0.25, 0.3) is 0 Å². The number of halogens is 1. The number of alkyl halides is 1. The molecule has 62 valence electrons. The van der Waals surface area contributed by atoms with Crippen LogP contribution in [-0.4, -0.2) is 5.38 Å². The van der Waals surface area contributed by atoms with Gasteiger partial charge < -0.3 is 0 Å². The van der Waals surface area contributed by atoms with Gasteiger partial charge in [0.1, 0.15) is 0 Å². The molecule has 0 amide bonds. The highest BCUT2D eigenvalue weighted by Gasteiger charge is 2.32. The van der Waals surface area contributed by atoms with Gasteiger partial charge in [0.25, 0.3) is 0 Å². The van der Waals surface area contributed by atoms with E-state index in [0.29, 0.717) is 5.92 Å². The smallest absolute Gasteiger partial charge is 0.0401 e. The Kier molecular flexibility index (Phi) is 2.43. The van der Waals surface area contributed by atoms with Crippen molar-refractivity contribution in [3.05, 3.63) is 24.3 Å². The lowest BCUT2D eigenvalue weighted by atomic mass is 9.73. The molecule has 1 rings (SSSR count). The van der Waals surface area contributed by atoms with E-state index in [9.17, 15) is 0 Å². The fourth-order valence-electron chi connectivity index (χ4n) is 1.35. The van der Waals surface area contributed by atoms with Gasteiger partial charge in [-0.2, -0.15) is 0 Å². The Labute approximate surface area is 73.9 Å². The third kappa shape index (κ3) is 1.51. The van der Waals surface area contributed by atoms with Gasteiger partial charge in [-0.05, 0) is 12.8 Å². The van der Waals surface area contributed by atoms with Crippen molar-refractivity contribution >= 4 is 11.6 Å². The first kappa shape index (κ1) is 8.86. The number of hydrogen-bond donors (Lipinski definition) is 0. The minimum Gasteiger partial charge on any atom is -0.122 e. The van der Waals surface area contributed by atoms with Crippen molar-refractivity contribution < 1.29 is 0 Å². The molecule has 3 atom stereocenters. The van der Waals surface area contributed by atoms with Crippen LogP contribution >= 0.6 is 11.6 Å².